The maximum atomic E-state index is 11.4. The van der Waals surface area contributed by atoms with E-state index in [0.717, 1.165) is 0 Å². The Labute approximate surface area is 106 Å². The third-order valence-electron chi connectivity index (χ3n) is 2.61. The smallest absolute Gasteiger partial charge is 0.296 e. The Balaban J connectivity index is 2.35. The van der Waals surface area contributed by atoms with Crippen LogP contribution in [0.5, 0.6) is 0 Å². The molecule has 1 heterocycles. The van der Waals surface area contributed by atoms with Crippen LogP contribution in [0.25, 0.3) is 0 Å². The SMILES string of the molecule is O=C1Nc2ccc(C(O)C(O)CBr)cc2C1=O. The number of rotatable bonds is 3. The van der Waals surface area contributed by atoms with Crippen molar-refractivity contribution in [2.75, 3.05) is 10.6 Å². The highest BCUT2D eigenvalue weighted by molar-refractivity contribution is 9.09. The Morgan fingerprint density at radius 1 is 1.29 bits per heavy atom. The van der Waals surface area contributed by atoms with Crippen molar-refractivity contribution in [2.24, 2.45) is 0 Å². The van der Waals surface area contributed by atoms with E-state index >= 15 is 0 Å². The Kier molecular flexibility index (Phi) is 3.28. The van der Waals surface area contributed by atoms with Gasteiger partial charge in [0.05, 0.1) is 17.4 Å². The molecule has 2 rings (SSSR count). The maximum absolute atomic E-state index is 11.4. The number of carbonyl (C=O) groups is 2. The van der Waals surface area contributed by atoms with Crippen LogP contribution in [0.3, 0.4) is 0 Å². The Morgan fingerprint density at radius 2 is 2.00 bits per heavy atom. The zero-order chi connectivity index (χ0) is 12.6. The molecule has 1 aromatic rings. The molecule has 0 aliphatic carbocycles. The molecule has 1 amide bonds. The topological polar surface area (TPSA) is 86.6 Å². The number of alkyl halides is 1. The lowest BCUT2D eigenvalue weighted by Crippen LogP contribution is -2.19. The number of hydrogen-bond donors (Lipinski definition) is 3. The van der Waals surface area contributed by atoms with E-state index in [4.69, 9.17) is 0 Å². The van der Waals surface area contributed by atoms with Crippen molar-refractivity contribution in [3.05, 3.63) is 29.3 Å². The Morgan fingerprint density at radius 3 is 2.65 bits per heavy atom. The van der Waals surface area contributed by atoms with Gasteiger partial charge in [-0.3, -0.25) is 9.59 Å². The van der Waals surface area contributed by atoms with Crippen LogP contribution in [-0.4, -0.2) is 33.3 Å². The second-order valence-corrected chi connectivity index (χ2v) is 4.40. The summed E-state index contributed by atoms with van der Waals surface area (Å²) in [5, 5.41) is 21.9. The van der Waals surface area contributed by atoms with Crippen LogP contribution < -0.4 is 5.32 Å². The summed E-state index contributed by atoms with van der Waals surface area (Å²) < 4.78 is 0. The molecule has 17 heavy (non-hydrogen) atoms. The standard InChI is InChI=1S/C11H10BrNO4/c12-4-8(14)9(15)5-1-2-7-6(3-5)10(16)11(17)13-7/h1-3,8-9,14-15H,4H2,(H,13,16,17). The number of carbonyl (C=O) groups excluding carboxylic acids is 2. The number of benzene rings is 1. The zero-order valence-electron chi connectivity index (χ0n) is 8.68. The fraction of sp³-hybridized carbons (Fsp3) is 0.273. The predicted molar refractivity (Wildman–Crippen MR) is 64.2 cm³/mol. The monoisotopic (exact) mass is 299 g/mol. The minimum Gasteiger partial charge on any atom is -0.389 e. The van der Waals surface area contributed by atoms with E-state index in [0.29, 0.717) is 11.3 Å². The quantitative estimate of drug-likeness (QED) is 0.564. The van der Waals surface area contributed by atoms with E-state index in [1.165, 1.54) is 12.1 Å². The first-order chi connectivity index (χ1) is 8.04. The number of fused-ring (bicyclic) bond motifs is 1. The number of aliphatic hydroxyl groups is 2. The van der Waals surface area contributed by atoms with Crippen molar-refractivity contribution in [3.8, 4) is 0 Å². The van der Waals surface area contributed by atoms with Crippen LogP contribution in [0.15, 0.2) is 18.2 Å². The molecule has 2 unspecified atom stereocenters. The van der Waals surface area contributed by atoms with E-state index in [9.17, 15) is 19.8 Å². The molecular formula is C11H10BrNO4. The number of amides is 1. The van der Waals surface area contributed by atoms with Crippen LogP contribution in [0, 0.1) is 0 Å². The normalized spacial score (nSPS) is 17.6. The molecule has 0 saturated carbocycles. The van der Waals surface area contributed by atoms with Crippen molar-refractivity contribution in [1.29, 1.82) is 0 Å². The van der Waals surface area contributed by atoms with Crippen LogP contribution >= 0.6 is 15.9 Å². The highest BCUT2D eigenvalue weighted by Gasteiger charge is 2.29. The average molecular weight is 300 g/mol. The van der Waals surface area contributed by atoms with Crippen molar-refractivity contribution in [2.45, 2.75) is 12.2 Å². The van der Waals surface area contributed by atoms with Gasteiger partial charge in [-0.15, -0.1) is 0 Å². The molecular weight excluding hydrogens is 290 g/mol. The highest BCUT2D eigenvalue weighted by Crippen LogP contribution is 2.27. The van der Waals surface area contributed by atoms with E-state index in [-0.39, 0.29) is 10.9 Å². The molecule has 3 N–H and O–H groups in total. The fourth-order valence-electron chi connectivity index (χ4n) is 1.65. The van der Waals surface area contributed by atoms with Gasteiger partial charge in [0.1, 0.15) is 6.10 Å². The zero-order valence-corrected chi connectivity index (χ0v) is 10.3. The molecule has 5 nitrogen and oxygen atoms in total. The number of nitrogens with one attached hydrogen (secondary N) is 1. The van der Waals surface area contributed by atoms with Crippen molar-refractivity contribution < 1.29 is 19.8 Å². The minimum absolute atomic E-state index is 0.219. The van der Waals surface area contributed by atoms with E-state index in [1.807, 2.05) is 0 Å². The van der Waals surface area contributed by atoms with Gasteiger partial charge in [-0.05, 0) is 17.7 Å². The van der Waals surface area contributed by atoms with Gasteiger partial charge in [0.25, 0.3) is 11.7 Å². The third-order valence-corrected chi connectivity index (χ3v) is 3.27. The molecule has 0 fully saturated rings. The summed E-state index contributed by atoms with van der Waals surface area (Å²) in [6.45, 7) is 0. The first-order valence-electron chi connectivity index (χ1n) is 4.96. The molecule has 0 saturated heterocycles. The van der Waals surface area contributed by atoms with Gasteiger partial charge in [0.15, 0.2) is 0 Å². The number of anilines is 1. The number of ketones is 1. The molecule has 90 valence electrons. The number of halogens is 1. The first-order valence-corrected chi connectivity index (χ1v) is 6.08. The summed E-state index contributed by atoms with van der Waals surface area (Å²) in [6.07, 6.45) is -2.06. The van der Waals surface area contributed by atoms with Crippen LogP contribution in [0.1, 0.15) is 22.0 Å². The summed E-state index contributed by atoms with van der Waals surface area (Å²) in [4.78, 5) is 22.6. The second kappa shape index (κ2) is 4.56. The molecule has 1 aliphatic rings. The van der Waals surface area contributed by atoms with Crippen molar-refractivity contribution >= 4 is 33.3 Å². The molecule has 0 spiro atoms. The Hall–Kier alpha value is -1.24. The molecule has 0 aromatic heterocycles. The maximum Gasteiger partial charge on any atom is 0.296 e. The van der Waals surface area contributed by atoms with Gasteiger partial charge in [0.2, 0.25) is 0 Å². The largest absolute Gasteiger partial charge is 0.389 e. The lowest BCUT2D eigenvalue weighted by molar-refractivity contribution is -0.112. The summed E-state index contributed by atoms with van der Waals surface area (Å²) in [5.41, 5.74) is 1.07. The van der Waals surface area contributed by atoms with Crippen LogP contribution in [0.2, 0.25) is 0 Å². The average Bonchev–Trinajstić information content (AvgIpc) is 2.63. The molecule has 2 atom stereocenters. The molecule has 6 heteroatoms. The van der Waals surface area contributed by atoms with E-state index < -0.39 is 23.9 Å². The van der Waals surface area contributed by atoms with Crippen molar-refractivity contribution in [3.63, 3.8) is 0 Å². The van der Waals surface area contributed by atoms with Gasteiger partial charge in [-0.1, -0.05) is 22.0 Å². The summed E-state index contributed by atoms with van der Waals surface area (Å²) in [6, 6.07) is 4.53. The van der Waals surface area contributed by atoms with Crippen LogP contribution in [-0.2, 0) is 4.79 Å². The van der Waals surface area contributed by atoms with Gasteiger partial charge in [-0.25, -0.2) is 0 Å². The molecule has 0 radical (unpaired) electrons. The lowest BCUT2D eigenvalue weighted by Gasteiger charge is -2.16. The second-order valence-electron chi connectivity index (χ2n) is 3.75. The van der Waals surface area contributed by atoms with E-state index in [1.54, 1.807) is 6.07 Å². The molecule has 1 aromatic carbocycles. The van der Waals surface area contributed by atoms with Gasteiger partial charge in [0, 0.05) is 5.33 Å². The number of aliphatic hydroxyl groups excluding tert-OH is 2. The number of Topliss-reactive ketones (excluding diaryl/α,β-unsaturated/α-hetero) is 1. The summed E-state index contributed by atoms with van der Waals surface area (Å²) >= 11 is 3.05. The Bertz CT molecular complexity index is 488. The fourth-order valence-corrected chi connectivity index (χ4v) is 2.00. The van der Waals surface area contributed by atoms with Crippen LogP contribution in [0.4, 0.5) is 5.69 Å². The highest BCUT2D eigenvalue weighted by atomic mass is 79.9. The minimum atomic E-state index is -1.09. The van der Waals surface area contributed by atoms with Crippen molar-refractivity contribution in [1.82, 2.24) is 0 Å². The summed E-state index contributed by atoms with van der Waals surface area (Å²) in [7, 11) is 0. The lowest BCUT2D eigenvalue weighted by atomic mass is 10.0. The predicted octanol–water partition coefficient (Wildman–Crippen LogP) is 0.611. The van der Waals surface area contributed by atoms with E-state index in [2.05, 4.69) is 21.2 Å². The molecule has 0 bridgehead atoms. The molecule has 1 aliphatic heterocycles. The van der Waals surface area contributed by atoms with Gasteiger partial charge >= 0.3 is 0 Å². The van der Waals surface area contributed by atoms with Gasteiger partial charge in [-0.2, -0.15) is 0 Å². The first kappa shape index (κ1) is 12.2. The van der Waals surface area contributed by atoms with Gasteiger partial charge < -0.3 is 15.5 Å². The third kappa shape index (κ3) is 2.11. The summed E-state index contributed by atoms with van der Waals surface area (Å²) in [5.74, 6) is -1.30. The number of hydrogen-bond acceptors (Lipinski definition) is 4.